The number of nitrogens with zero attached hydrogens (tertiary/aromatic N) is 1. The van der Waals surface area contributed by atoms with Crippen LogP contribution < -0.4 is 15.4 Å². The Labute approximate surface area is 113 Å². The highest BCUT2D eigenvalue weighted by atomic mass is 16.5. The molecular weight excluding hydrogens is 242 g/mol. The van der Waals surface area contributed by atoms with Crippen LogP contribution in [0.2, 0.25) is 0 Å². The molecule has 0 aromatic carbocycles. The number of pyridine rings is 1. The van der Waals surface area contributed by atoms with Crippen LogP contribution in [-0.2, 0) is 4.79 Å². The summed E-state index contributed by atoms with van der Waals surface area (Å²) in [6, 6.07) is 3.60. The minimum absolute atomic E-state index is 0.0720. The van der Waals surface area contributed by atoms with Gasteiger partial charge in [-0.2, -0.15) is 0 Å². The predicted molar refractivity (Wildman–Crippen MR) is 74.2 cm³/mol. The van der Waals surface area contributed by atoms with Crippen LogP contribution in [0.25, 0.3) is 0 Å². The zero-order valence-electron chi connectivity index (χ0n) is 11.5. The van der Waals surface area contributed by atoms with Crippen LogP contribution in [0.1, 0.15) is 26.2 Å². The molecule has 5 heteroatoms. The summed E-state index contributed by atoms with van der Waals surface area (Å²) in [5.41, 5.74) is 0.368. The molecule has 1 aromatic rings. The largest absolute Gasteiger partial charge is 0.480 e. The first-order chi connectivity index (χ1) is 9.22. The van der Waals surface area contributed by atoms with E-state index in [0.29, 0.717) is 11.6 Å². The first-order valence-electron chi connectivity index (χ1n) is 6.73. The van der Waals surface area contributed by atoms with Crippen LogP contribution in [0.15, 0.2) is 18.3 Å². The standard InChI is InChI=1S/C14H21N3O2/c1-3-14(6-9-15-10-7-14)13(18)17-11-5-4-8-16-12(11)19-2/h4-5,8,15H,3,6-7,9-10H2,1-2H3,(H,17,18). The molecule has 1 aromatic heterocycles. The van der Waals surface area contributed by atoms with E-state index in [1.807, 2.05) is 6.07 Å². The van der Waals surface area contributed by atoms with Gasteiger partial charge in [-0.3, -0.25) is 4.79 Å². The summed E-state index contributed by atoms with van der Waals surface area (Å²) in [7, 11) is 1.55. The lowest BCUT2D eigenvalue weighted by Crippen LogP contribution is -2.44. The van der Waals surface area contributed by atoms with Gasteiger partial charge in [-0.25, -0.2) is 4.98 Å². The maximum atomic E-state index is 12.6. The third-order valence-electron chi connectivity index (χ3n) is 3.93. The summed E-state index contributed by atoms with van der Waals surface area (Å²) in [6.07, 6.45) is 4.24. The molecule has 2 N–H and O–H groups in total. The number of anilines is 1. The van der Waals surface area contributed by atoms with Crippen molar-refractivity contribution >= 4 is 11.6 Å². The molecule has 0 bridgehead atoms. The number of methoxy groups -OCH3 is 1. The fourth-order valence-electron chi connectivity index (χ4n) is 2.55. The smallest absolute Gasteiger partial charge is 0.237 e. The molecule has 1 fully saturated rings. The molecule has 104 valence electrons. The fraction of sp³-hybridized carbons (Fsp3) is 0.571. The maximum absolute atomic E-state index is 12.6. The van der Waals surface area contributed by atoms with Crippen molar-refractivity contribution in [1.82, 2.24) is 10.3 Å². The lowest BCUT2D eigenvalue weighted by Gasteiger charge is -2.35. The Balaban J connectivity index is 2.15. The van der Waals surface area contributed by atoms with E-state index < -0.39 is 0 Å². The molecule has 5 nitrogen and oxygen atoms in total. The average molecular weight is 263 g/mol. The second kappa shape index (κ2) is 6.02. The van der Waals surface area contributed by atoms with Gasteiger partial charge in [0, 0.05) is 6.20 Å². The number of piperidine rings is 1. The molecule has 0 spiro atoms. The quantitative estimate of drug-likeness (QED) is 0.869. The highest BCUT2D eigenvalue weighted by Crippen LogP contribution is 2.34. The summed E-state index contributed by atoms with van der Waals surface area (Å²) in [4.78, 5) is 16.7. The molecule has 2 rings (SSSR count). The third kappa shape index (κ3) is 2.87. The van der Waals surface area contributed by atoms with Crippen molar-refractivity contribution in [3.63, 3.8) is 0 Å². The van der Waals surface area contributed by atoms with Gasteiger partial charge in [-0.05, 0) is 44.5 Å². The Morgan fingerprint density at radius 3 is 2.89 bits per heavy atom. The molecule has 1 amide bonds. The van der Waals surface area contributed by atoms with Gasteiger partial charge in [0.1, 0.15) is 5.69 Å². The van der Waals surface area contributed by atoms with Gasteiger partial charge in [0.2, 0.25) is 11.8 Å². The number of aromatic nitrogens is 1. The van der Waals surface area contributed by atoms with Gasteiger partial charge in [0.05, 0.1) is 12.5 Å². The molecular formula is C14H21N3O2. The second-order valence-corrected chi connectivity index (χ2v) is 4.90. The highest BCUT2D eigenvalue weighted by Gasteiger charge is 2.38. The number of ether oxygens (including phenoxy) is 1. The molecule has 1 saturated heterocycles. The topological polar surface area (TPSA) is 63.2 Å². The van der Waals surface area contributed by atoms with E-state index in [1.165, 1.54) is 0 Å². The van der Waals surface area contributed by atoms with Gasteiger partial charge < -0.3 is 15.4 Å². The van der Waals surface area contributed by atoms with Crippen molar-refractivity contribution in [3.05, 3.63) is 18.3 Å². The Hall–Kier alpha value is -1.62. The summed E-state index contributed by atoms with van der Waals surface area (Å²) in [5.74, 6) is 0.527. The molecule has 0 atom stereocenters. The van der Waals surface area contributed by atoms with Crippen LogP contribution in [0.4, 0.5) is 5.69 Å². The summed E-state index contributed by atoms with van der Waals surface area (Å²) < 4.78 is 5.16. The molecule has 0 radical (unpaired) electrons. The van der Waals surface area contributed by atoms with Gasteiger partial charge in [0.15, 0.2) is 0 Å². The van der Waals surface area contributed by atoms with Gasteiger partial charge in [0.25, 0.3) is 0 Å². The normalized spacial score (nSPS) is 17.8. The predicted octanol–water partition coefficient (Wildman–Crippen LogP) is 1.81. The molecule has 2 heterocycles. The number of rotatable bonds is 4. The van der Waals surface area contributed by atoms with Crippen molar-refractivity contribution in [2.24, 2.45) is 5.41 Å². The molecule has 0 saturated carbocycles. The number of amides is 1. The Morgan fingerprint density at radius 2 is 2.26 bits per heavy atom. The summed E-state index contributed by atoms with van der Waals surface area (Å²) in [5, 5.41) is 6.27. The van der Waals surface area contributed by atoms with Crippen LogP contribution in [0, 0.1) is 5.41 Å². The first kappa shape index (κ1) is 13.8. The van der Waals surface area contributed by atoms with Crippen molar-refractivity contribution in [2.45, 2.75) is 26.2 Å². The van der Waals surface area contributed by atoms with Crippen molar-refractivity contribution in [1.29, 1.82) is 0 Å². The van der Waals surface area contributed by atoms with E-state index in [4.69, 9.17) is 4.74 Å². The minimum Gasteiger partial charge on any atom is -0.480 e. The number of nitrogens with one attached hydrogen (secondary N) is 2. The first-order valence-corrected chi connectivity index (χ1v) is 6.73. The Morgan fingerprint density at radius 1 is 1.53 bits per heavy atom. The van der Waals surface area contributed by atoms with E-state index in [-0.39, 0.29) is 11.3 Å². The molecule has 0 unspecified atom stereocenters. The monoisotopic (exact) mass is 263 g/mol. The van der Waals surface area contributed by atoms with Gasteiger partial charge in [-0.15, -0.1) is 0 Å². The lowest BCUT2D eigenvalue weighted by atomic mass is 9.76. The maximum Gasteiger partial charge on any atom is 0.237 e. The van der Waals surface area contributed by atoms with Crippen LogP contribution in [0.3, 0.4) is 0 Å². The van der Waals surface area contributed by atoms with Crippen LogP contribution in [0.5, 0.6) is 5.88 Å². The molecule has 19 heavy (non-hydrogen) atoms. The lowest BCUT2D eigenvalue weighted by molar-refractivity contribution is -0.127. The van der Waals surface area contributed by atoms with Crippen molar-refractivity contribution in [3.8, 4) is 5.88 Å². The number of hydrogen-bond acceptors (Lipinski definition) is 4. The number of hydrogen-bond donors (Lipinski definition) is 2. The second-order valence-electron chi connectivity index (χ2n) is 4.90. The van der Waals surface area contributed by atoms with E-state index in [2.05, 4.69) is 22.5 Å². The van der Waals surface area contributed by atoms with E-state index >= 15 is 0 Å². The van der Waals surface area contributed by atoms with Gasteiger partial charge >= 0.3 is 0 Å². The summed E-state index contributed by atoms with van der Waals surface area (Å²) in [6.45, 7) is 3.86. The minimum atomic E-state index is -0.272. The summed E-state index contributed by atoms with van der Waals surface area (Å²) >= 11 is 0. The Bertz CT molecular complexity index is 442. The highest BCUT2D eigenvalue weighted by molar-refractivity contribution is 5.96. The molecule has 0 aliphatic carbocycles. The van der Waals surface area contributed by atoms with Gasteiger partial charge in [-0.1, -0.05) is 6.92 Å². The van der Waals surface area contributed by atoms with E-state index in [9.17, 15) is 4.79 Å². The zero-order chi connectivity index (χ0) is 13.7. The molecule has 1 aliphatic heterocycles. The number of carbonyl (C=O) groups is 1. The SMILES string of the molecule is CCC1(C(=O)Nc2cccnc2OC)CCNCC1. The van der Waals surface area contributed by atoms with E-state index in [1.54, 1.807) is 19.4 Å². The third-order valence-corrected chi connectivity index (χ3v) is 3.93. The van der Waals surface area contributed by atoms with Crippen molar-refractivity contribution in [2.75, 3.05) is 25.5 Å². The van der Waals surface area contributed by atoms with E-state index in [0.717, 1.165) is 32.4 Å². The zero-order valence-corrected chi connectivity index (χ0v) is 11.5. The van der Waals surface area contributed by atoms with Crippen molar-refractivity contribution < 1.29 is 9.53 Å². The molecule has 1 aliphatic rings. The average Bonchev–Trinajstić information content (AvgIpc) is 2.48. The fourth-order valence-corrected chi connectivity index (χ4v) is 2.55. The number of carbonyl (C=O) groups excluding carboxylic acids is 1. The van der Waals surface area contributed by atoms with Crippen LogP contribution >= 0.6 is 0 Å². The van der Waals surface area contributed by atoms with Crippen LogP contribution in [-0.4, -0.2) is 31.1 Å². The Kier molecular flexibility index (Phi) is 4.37.